The third-order valence-corrected chi connectivity index (χ3v) is 3.73. The van der Waals surface area contributed by atoms with Gasteiger partial charge in [0.05, 0.1) is 26.8 Å². The number of aryl methyl sites for hydroxylation is 1. The lowest BCUT2D eigenvalue weighted by Gasteiger charge is -2.12. The highest BCUT2D eigenvalue weighted by Gasteiger charge is 2.16. The Morgan fingerprint density at radius 2 is 1.95 bits per heavy atom. The largest absolute Gasteiger partial charge is 0.369 e. The molecule has 20 heavy (non-hydrogen) atoms. The first kappa shape index (κ1) is 13.2. The number of imidazole rings is 1. The van der Waals surface area contributed by atoms with Crippen molar-refractivity contribution in [1.29, 1.82) is 0 Å². The smallest absolute Gasteiger partial charge is 0.205 e. The van der Waals surface area contributed by atoms with Crippen molar-refractivity contribution in [3.63, 3.8) is 0 Å². The monoisotopic (exact) mass is 309 g/mol. The number of hydrogen-bond donors (Lipinski definition) is 1. The number of aromatic nitrogens is 2. The van der Waals surface area contributed by atoms with Crippen LogP contribution in [0.5, 0.6) is 0 Å². The van der Waals surface area contributed by atoms with Gasteiger partial charge in [0.1, 0.15) is 5.82 Å². The summed E-state index contributed by atoms with van der Waals surface area (Å²) in [5.74, 6) is -0.289. The maximum absolute atomic E-state index is 13.7. The highest BCUT2D eigenvalue weighted by Crippen LogP contribution is 2.32. The minimum absolute atomic E-state index is 0.0121. The SMILES string of the molecule is Cc1cccc(Cl)c1-n1c(N)nc2cc(Cl)c(F)cc21. The van der Waals surface area contributed by atoms with Crippen LogP contribution in [-0.2, 0) is 0 Å². The van der Waals surface area contributed by atoms with E-state index in [9.17, 15) is 4.39 Å². The maximum Gasteiger partial charge on any atom is 0.205 e. The molecule has 3 rings (SSSR count). The number of para-hydroxylation sites is 1. The van der Waals surface area contributed by atoms with Crippen molar-refractivity contribution in [1.82, 2.24) is 9.55 Å². The standard InChI is InChI=1S/C14H10Cl2FN3/c1-7-3-2-4-8(15)13(7)20-12-6-10(17)9(16)5-11(12)19-14(20)18/h2-6H,1H3,(H2,18,19). The van der Waals surface area contributed by atoms with Crippen LogP contribution in [0.15, 0.2) is 30.3 Å². The molecular weight excluding hydrogens is 300 g/mol. The zero-order chi connectivity index (χ0) is 14.4. The molecule has 0 bridgehead atoms. The molecule has 0 fully saturated rings. The summed E-state index contributed by atoms with van der Waals surface area (Å²) in [6, 6.07) is 8.25. The third-order valence-electron chi connectivity index (χ3n) is 3.13. The third kappa shape index (κ3) is 1.92. The van der Waals surface area contributed by atoms with Crippen molar-refractivity contribution in [2.45, 2.75) is 6.92 Å². The molecule has 0 amide bonds. The molecule has 0 aliphatic carbocycles. The maximum atomic E-state index is 13.7. The van der Waals surface area contributed by atoms with E-state index in [0.29, 0.717) is 21.7 Å². The second-order valence-corrected chi connectivity index (χ2v) is 5.28. The van der Waals surface area contributed by atoms with Gasteiger partial charge in [-0.25, -0.2) is 9.37 Å². The molecule has 0 aliphatic rings. The normalized spacial score (nSPS) is 11.2. The Kier molecular flexibility index (Phi) is 3.07. The molecular formula is C14H10Cl2FN3. The van der Waals surface area contributed by atoms with Crippen molar-refractivity contribution < 1.29 is 4.39 Å². The van der Waals surface area contributed by atoms with Crippen LogP contribution < -0.4 is 5.73 Å². The minimum Gasteiger partial charge on any atom is -0.369 e. The molecule has 6 heteroatoms. The van der Waals surface area contributed by atoms with Crippen molar-refractivity contribution in [3.05, 3.63) is 51.8 Å². The molecule has 1 aromatic heterocycles. The molecule has 102 valence electrons. The average Bonchev–Trinajstić information content (AvgIpc) is 2.67. The van der Waals surface area contributed by atoms with Crippen LogP contribution in [0.2, 0.25) is 10.0 Å². The van der Waals surface area contributed by atoms with E-state index in [-0.39, 0.29) is 11.0 Å². The van der Waals surface area contributed by atoms with E-state index in [2.05, 4.69) is 4.98 Å². The number of nitrogen functional groups attached to an aromatic ring is 1. The van der Waals surface area contributed by atoms with Gasteiger partial charge < -0.3 is 5.73 Å². The lowest BCUT2D eigenvalue weighted by molar-refractivity contribution is 0.629. The van der Waals surface area contributed by atoms with Crippen LogP contribution in [-0.4, -0.2) is 9.55 Å². The van der Waals surface area contributed by atoms with E-state index in [1.165, 1.54) is 12.1 Å². The fraction of sp³-hybridized carbons (Fsp3) is 0.0714. The number of fused-ring (bicyclic) bond motifs is 1. The van der Waals surface area contributed by atoms with Crippen molar-refractivity contribution in [3.8, 4) is 5.69 Å². The topological polar surface area (TPSA) is 43.8 Å². The van der Waals surface area contributed by atoms with Gasteiger partial charge in [0.25, 0.3) is 0 Å². The summed E-state index contributed by atoms with van der Waals surface area (Å²) in [5.41, 5.74) is 8.61. The number of rotatable bonds is 1. The Morgan fingerprint density at radius 3 is 2.65 bits per heavy atom. The number of halogens is 3. The Morgan fingerprint density at radius 1 is 1.20 bits per heavy atom. The second kappa shape index (κ2) is 4.65. The minimum atomic E-state index is -0.523. The van der Waals surface area contributed by atoms with Gasteiger partial charge in [-0.1, -0.05) is 35.3 Å². The predicted octanol–water partition coefficient (Wildman–Crippen LogP) is 4.36. The Hall–Kier alpha value is -1.78. The van der Waals surface area contributed by atoms with Gasteiger partial charge in [-0.3, -0.25) is 4.57 Å². The molecule has 0 saturated heterocycles. The zero-order valence-corrected chi connectivity index (χ0v) is 12.0. The van der Waals surface area contributed by atoms with Crippen molar-refractivity contribution >= 4 is 40.2 Å². The highest BCUT2D eigenvalue weighted by atomic mass is 35.5. The molecule has 3 nitrogen and oxygen atoms in total. The summed E-state index contributed by atoms with van der Waals surface area (Å²) < 4.78 is 15.3. The molecule has 3 aromatic rings. The Labute approximate surface area is 124 Å². The molecule has 0 atom stereocenters. The highest BCUT2D eigenvalue weighted by molar-refractivity contribution is 6.33. The summed E-state index contributed by atoms with van der Waals surface area (Å²) in [7, 11) is 0. The lowest BCUT2D eigenvalue weighted by atomic mass is 10.2. The van der Waals surface area contributed by atoms with Gasteiger partial charge in [0.15, 0.2) is 0 Å². The van der Waals surface area contributed by atoms with Gasteiger partial charge >= 0.3 is 0 Å². The van der Waals surface area contributed by atoms with E-state index in [0.717, 1.165) is 5.56 Å². The first-order valence-corrected chi connectivity index (χ1v) is 6.63. The second-order valence-electron chi connectivity index (χ2n) is 4.47. The molecule has 0 aliphatic heterocycles. The van der Waals surface area contributed by atoms with Crippen LogP contribution in [0.4, 0.5) is 10.3 Å². The summed E-state index contributed by atoms with van der Waals surface area (Å²) in [4.78, 5) is 4.20. The first-order valence-electron chi connectivity index (χ1n) is 5.87. The van der Waals surface area contributed by atoms with Gasteiger partial charge in [-0.2, -0.15) is 0 Å². The first-order chi connectivity index (χ1) is 9.49. The summed E-state index contributed by atoms with van der Waals surface area (Å²) >= 11 is 12.0. The van der Waals surface area contributed by atoms with Gasteiger partial charge in [-0.05, 0) is 24.6 Å². The van der Waals surface area contributed by atoms with Crippen LogP contribution >= 0.6 is 23.2 Å². The quantitative estimate of drug-likeness (QED) is 0.725. The predicted molar refractivity (Wildman–Crippen MR) is 80.2 cm³/mol. The van der Waals surface area contributed by atoms with Gasteiger partial charge in [0.2, 0.25) is 5.95 Å². The van der Waals surface area contributed by atoms with Gasteiger partial charge in [-0.15, -0.1) is 0 Å². The van der Waals surface area contributed by atoms with Crippen LogP contribution in [0.25, 0.3) is 16.7 Å². The molecule has 0 radical (unpaired) electrons. The van der Waals surface area contributed by atoms with E-state index < -0.39 is 5.82 Å². The number of nitrogens with zero attached hydrogens (tertiary/aromatic N) is 2. The van der Waals surface area contributed by atoms with Crippen molar-refractivity contribution in [2.24, 2.45) is 0 Å². The fourth-order valence-electron chi connectivity index (χ4n) is 2.23. The summed E-state index contributed by atoms with van der Waals surface area (Å²) in [6.07, 6.45) is 0. The Bertz CT molecular complexity index is 807. The van der Waals surface area contributed by atoms with Crippen LogP contribution in [0.3, 0.4) is 0 Å². The summed E-state index contributed by atoms with van der Waals surface area (Å²) in [6.45, 7) is 1.90. The van der Waals surface area contributed by atoms with Crippen molar-refractivity contribution in [2.75, 3.05) is 5.73 Å². The van der Waals surface area contributed by atoms with E-state index >= 15 is 0 Å². The fourth-order valence-corrected chi connectivity index (χ4v) is 2.70. The van der Waals surface area contributed by atoms with Crippen LogP contribution in [0, 0.1) is 12.7 Å². The number of nitrogens with two attached hydrogens (primary N) is 1. The molecule has 2 aromatic carbocycles. The van der Waals surface area contributed by atoms with Gasteiger partial charge in [0, 0.05) is 6.07 Å². The molecule has 0 spiro atoms. The molecule has 1 heterocycles. The molecule has 2 N–H and O–H groups in total. The van der Waals surface area contributed by atoms with Crippen LogP contribution in [0.1, 0.15) is 5.56 Å². The Balaban J connectivity index is 2.42. The summed E-state index contributed by atoms with van der Waals surface area (Å²) in [5, 5.41) is 0.532. The molecule has 0 unspecified atom stereocenters. The van der Waals surface area contributed by atoms with E-state index in [1.807, 2.05) is 19.1 Å². The van der Waals surface area contributed by atoms with E-state index in [1.54, 1.807) is 10.6 Å². The van der Waals surface area contributed by atoms with E-state index in [4.69, 9.17) is 28.9 Å². The molecule has 0 saturated carbocycles. The average molecular weight is 310 g/mol. The number of anilines is 1. The lowest BCUT2D eigenvalue weighted by Crippen LogP contribution is -2.03. The number of hydrogen-bond acceptors (Lipinski definition) is 2. The zero-order valence-electron chi connectivity index (χ0n) is 10.5. The number of benzene rings is 2.